The molecule has 1 aromatic carbocycles. The van der Waals surface area contributed by atoms with Crippen molar-refractivity contribution >= 4 is 15.9 Å². The third-order valence-corrected chi connectivity index (χ3v) is 5.66. The van der Waals surface area contributed by atoms with E-state index in [9.17, 15) is 0 Å². The first-order valence-corrected chi connectivity index (χ1v) is 8.27. The van der Waals surface area contributed by atoms with Crippen LogP contribution in [0.1, 0.15) is 43.7 Å². The molecule has 2 aliphatic carbocycles. The Balaban J connectivity index is 1.55. The molecule has 0 aromatic heterocycles. The molecular weight excluding hydrogens is 302 g/mol. The monoisotopic (exact) mass is 321 g/mol. The molecule has 2 saturated carbocycles. The van der Waals surface area contributed by atoms with Crippen LogP contribution >= 0.6 is 15.9 Å². The van der Waals surface area contributed by atoms with Crippen LogP contribution in [0.15, 0.2) is 22.7 Å². The minimum atomic E-state index is 0.477. The van der Waals surface area contributed by atoms with Crippen molar-refractivity contribution in [3.8, 4) is 5.75 Å². The van der Waals surface area contributed by atoms with Gasteiger partial charge in [-0.15, -0.1) is 0 Å². The maximum Gasteiger partial charge on any atom is 0.124 e. The summed E-state index contributed by atoms with van der Waals surface area (Å²) in [6, 6.07) is 7.60. The molecule has 3 aliphatic rings. The van der Waals surface area contributed by atoms with Crippen LogP contribution in [0.2, 0.25) is 0 Å². The van der Waals surface area contributed by atoms with Crippen molar-refractivity contribution in [2.75, 3.05) is 6.61 Å². The Kier molecular flexibility index (Phi) is 3.07. The Morgan fingerprint density at radius 3 is 2.89 bits per heavy atom. The quantitative estimate of drug-likeness (QED) is 0.887. The van der Waals surface area contributed by atoms with E-state index in [1.165, 1.54) is 31.2 Å². The van der Waals surface area contributed by atoms with Crippen LogP contribution in [0.5, 0.6) is 5.75 Å². The van der Waals surface area contributed by atoms with Gasteiger partial charge in [-0.2, -0.15) is 0 Å². The number of halogens is 1. The van der Waals surface area contributed by atoms with Crippen LogP contribution in [0.4, 0.5) is 0 Å². The van der Waals surface area contributed by atoms with E-state index in [0.29, 0.717) is 6.04 Å². The molecule has 1 aromatic rings. The van der Waals surface area contributed by atoms with Crippen LogP contribution < -0.4 is 10.1 Å². The van der Waals surface area contributed by atoms with Gasteiger partial charge in [-0.3, -0.25) is 0 Å². The lowest BCUT2D eigenvalue weighted by molar-refractivity contribution is 0.228. The molecule has 1 N–H and O–H groups in total. The summed E-state index contributed by atoms with van der Waals surface area (Å²) in [6.07, 6.45) is 6.87. The average Bonchev–Trinajstić information content (AvgIpc) is 3.02. The van der Waals surface area contributed by atoms with Crippen molar-refractivity contribution in [3.05, 3.63) is 28.2 Å². The third kappa shape index (κ3) is 2.21. The number of rotatable bonds is 2. The first kappa shape index (κ1) is 12.2. The van der Waals surface area contributed by atoms with Crippen LogP contribution in [-0.2, 0) is 0 Å². The topological polar surface area (TPSA) is 21.3 Å². The van der Waals surface area contributed by atoms with E-state index in [4.69, 9.17) is 4.74 Å². The van der Waals surface area contributed by atoms with Gasteiger partial charge in [0.2, 0.25) is 0 Å². The van der Waals surface area contributed by atoms with E-state index in [1.54, 1.807) is 0 Å². The van der Waals surface area contributed by atoms with Crippen molar-refractivity contribution < 1.29 is 4.74 Å². The molecule has 0 radical (unpaired) electrons. The number of fused-ring (bicyclic) bond motifs is 3. The normalized spacial score (nSPS) is 36.1. The lowest BCUT2D eigenvalue weighted by Crippen LogP contribution is -2.38. The fourth-order valence-corrected chi connectivity index (χ4v) is 4.62. The summed E-state index contributed by atoms with van der Waals surface area (Å²) in [6.45, 7) is 0.840. The zero-order valence-corrected chi connectivity index (χ0v) is 12.7. The van der Waals surface area contributed by atoms with Gasteiger partial charge in [0.15, 0.2) is 0 Å². The molecule has 4 atom stereocenters. The summed E-state index contributed by atoms with van der Waals surface area (Å²) in [4.78, 5) is 0. The summed E-state index contributed by atoms with van der Waals surface area (Å²) >= 11 is 3.58. The molecule has 0 saturated heterocycles. The van der Waals surface area contributed by atoms with E-state index in [-0.39, 0.29) is 0 Å². The lowest BCUT2D eigenvalue weighted by atomic mass is 9.92. The van der Waals surface area contributed by atoms with Gasteiger partial charge in [0.1, 0.15) is 5.75 Å². The molecule has 4 unspecified atom stereocenters. The summed E-state index contributed by atoms with van der Waals surface area (Å²) in [5, 5.41) is 3.93. The maximum atomic E-state index is 5.77. The Bertz CT molecular complexity index is 490. The molecule has 2 fully saturated rings. The fourth-order valence-electron chi connectivity index (χ4n) is 4.25. The maximum absolute atomic E-state index is 5.77. The van der Waals surface area contributed by atoms with Crippen molar-refractivity contribution in [2.45, 2.75) is 44.2 Å². The SMILES string of the molecule is Brc1ccc2c(c1)C(NC1CC3CCC1C3)CCO2. The molecular formula is C16H20BrNO. The van der Waals surface area contributed by atoms with Crippen molar-refractivity contribution in [2.24, 2.45) is 11.8 Å². The molecule has 0 spiro atoms. The Morgan fingerprint density at radius 2 is 2.11 bits per heavy atom. The molecule has 2 nitrogen and oxygen atoms in total. The standard InChI is InChI=1S/C16H20BrNO/c17-12-3-4-16-13(9-12)14(5-6-19-16)18-15-8-10-1-2-11(15)7-10/h3-4,9-11,14-15,18H,1-2,5-8H2. The van der Waals surface area contributed by atoms with E-state index >= 15 is 0 Å². The first-order chi connectivity index (χ1) is 9.29. The van der Waals surface area contributed by atoms with Crippen LogP contribution in [0, 0.1) is 11.8 Å². The highest BCUT2D eigenvalue weighted by molar-refractivity contribution is 9.10. The molecule has 3 heteroatoms. The van der Waals surface area contributed by atoms with Gasteiger partial charge in [-0.25, -0.2) is 0 Å². The molecule has 19 heavy (non-hydrogen) atoms. The third-order valence-electron chi connectivity index (χ3n) is 5.16. The Morgan fingerprint density at radius 1 is 1.16 bits per heavy atom. The Hall–Kier alpha value is -0.540. The summed E-state index contributed by atoms with van der Waals surface area (Å²) < 4.78 is 6.92. The first-order valence-electron chi connectivity index (χ1n) is 7.48. The average molecular weight is 322 g/mol. The van der Waals surface area contributed by atoms with Gasteiger partial charge < -0.3 is 10.1 Å². The van der Waals surface area contributed by atoms with E-state index in [0.717, 1.165) is 41.1 Å². The molecule has 1 heterocycles. The zero-order valence-electron chi connectivity index (χ0n) is 11.1. The number of nitrogens with one attached hydrogen (secondary N) is 1. The predicted octanol–water partition coefficient (Wildman–Crippen LogP) is 4.05. The highest BCUT2D eigenvalue weighted by atomic mass is 79.9. The number of hydrogen-bond donors (Lipinski definition) is 1. The summed E-state index contributed by atoms with van der Waals surface area (Å²) in [5.74, 6) is 3.00. The Labute approximate surface area is 123 Å². The zero-order chi connectivity index (χ0) is 12.8. The van der Waals surface area contributed by atoms with Crippen molar-refractivity contribution in [3.63, 3.8) is 0 Å². The molecule has 4 rings (SSSR count). The summed E-state index contributed by atoms with van der Waals surface area (Å²) in [7, 11) is 0. The fraction of sp³-hybridized carbons (Fsp3) is 0.625. The van der Waals surface area contributed by atoms with Gasteiger partial charge in [0.25, 0.3) is 0 Å². The van der Waals surface area contributed by atoms with Crippen molar-refractivity contribution in [1.29, 1.82) is 0 Å². The summed E-state index contributed by atoms with van der Waals surface area (Å²) in [5.41, 5.74) is 1.34. The van der Waals surface area contributed by atoms with E-state index in [1.807, 2.05) is 0 Å². The molecule has 102 valence electrons. The van der Waals surface area contributed by atoms with Gasteiger partial charge >= 0.3 is 0 Å². The minimum absolute atomic E-state index is 0.477. The second-order valence-electron chi connectivity index (χ2n) is 6.32. The van der Waals surface area contributed by atoms with Gasteiger partial charge in [-0.1, -0.05) is 22.4 Å². The van der Waals surface area contributed by atoms with E-state index in [2.05, 4.69) is 39.4 Å². The number of hydrogen-bond acceptors (Lipinski definition) is 2. The number of benzene rings is 1. The second-order valence-corrected chi connectivity index (χ2v) is 7.24. The van der Waals surface area contributed by atoms with Crippen LogP contribution in [0.3, 0.4) is 0 Å². The lowest BCUT2D eigenvalue weighted by Gasteiger charge is -2.32. The predicted molar refractivity (Wildman–Crippen MR) is 79.4 cm³/mol. The van der Waals surface area contributed by atoms with Crippen LogP contribution in [0.25, 0.3) is 0 Å². The largest absolute Gasteiger partial charge is 0.493 e. The smallest absolute Gasteiger partial charge is 0.124 e. The van der Waals surface area contributed by atoms with Gasteiger partial charge in [0, 0.05) is 28.5 Å². The number of ether oxygens (including phenoxy) is 1. The van der Waals surface area contributed by atoms with Gasteiger partial charge in [0.05, 0.1) is 6.61 Å². The molecule has 2 bridgehead atoms. The second kappa shape index (κ2) is 4.78. The van der Waals surface area contributed by atoms with Crippen LogP contribution in [-0.4, -0.2) is 12.6 Å². The molecule has 1 aliphatic heterocycles. The highest BCUT2D eigenvalue weighted by Crippen LogP contribution is 2.46. The van der Waals surface area contributed by atoms with Crippen molar-refractivity contribution in [1.82, 2.24) is 5.32 Å². The highest BCUT2D eigenvalue weighted by Gasteiger charge is 2.40. The van der Waals surface area contributed by atoms with Gasteiger partial charge in [-0.05, 0) is 49.3 Å². The minimum Gasteiger partial charge on any atom is -0.493 e. The molecule has 0 amide bonds. The van der Waals surface area contributed by atoms with E-state index < -0.39 is 0 Å².